The number of aromatic nitrogens is 3. The third kappa shape index (κ3) is 6.41. The molecule has 0 spiro atoms. The quantitative estimate of drug-likeness (QED) is 0.169. The number of nitrogen functional groups attached to an aromatic ring is 1. The van der Waals surface area contributed by atoms with Crippen LogP contribution in [0.25, 0.3) is 22.2 Å². The van der Waals surface area contributed by atoms with Crippen LogP contribution in [0.4, 0.5) is 22.3 Å². The minimum atomic E-state index is -0.711. The second kappa shape index (κ2) is 12.6. The van der Waals surface area contributed by atoms with Crippen LogP contribution in [0.2, 0.25) is 0 Å². The maximum Gasteiger partial charge on any atom is 0.292 e. The molecule has 0 bridgehead atoms. The van der Waals surface area contributed by atoms with Gasteiger partial charge in [0.1, 0.15) is 10.7 Å². The summed E-state index contributed by atoms with van der Waals surface area (Å²) in [6, 6.07) is 17.8. The average Bonchev–Trinajstić information content (AvgIpc) is 3.64. The molecular weight excluding hydrogens is 572 g/mol. The zero-order valence-corrected chi connectivity index (χ0v) is 24.6. The number of nitrogens with one attached hydrogen (secondary N) is 2. The number of amides is 1. The molecule has 0 aliphatic carbocycles. The maximum atomic E-state index is 12.6. The van der Waals surface area contributed by atoms with E-state index in [1.807, 2.05) is 25.1 Å². The van der Waals surface area contributed by atoms with E-state index in [4.69, 9.17) is 24.5 Å². The Hall–Kier alpha value is -5.43. The minimum Gasteiger partial charge on any atom is -0.493 e. The van der Waals surface area contributed by atoms with Crippen LogP contribution in [0.1, 0.15) is 11.1 Å². The van der Waals surface area contributed by atoms with Crippen LogP contribution in [0.15, 0.2) is 65.2 Å². The molecule has 13 heteroatoms. The van der Waals surface area contributed by atoms with Crippen molar-refractivity contribution in [1.29, 1.82) is 0 Å². The van der Waals surface area contributed by atoms with Crippen LogP contribution in [0, 0.1) is 6.92 Å². The van der Waals surface area contributed by atoms with Crippen molar-refractivity contribution in [2.45, 2.75) is 13.3 Å². The molecule has 4 N–H and O–H groups in total. The first-order valence-corrected chi connectivity index (χ1v) is 13.8. The van der Waals surface area contributed by atoms with E-state index >= 15 is 0 Å². The molecule has 220 valence electrons. The number of hydrogen-bond donors (Lipinski definition) is 3. The Labute approximate surface area is 250 Å². The fourth-order valence-electron chi connectivity index (χ4n) is 4.24. The van der Waals surface area contributed by atoms with Gasteiger partial charge in [-0.3, -0.25) is 9.59 Å². The van der Waals surface area contributed by atoms with Gasteiger partial charge in [-0.05, 0) is 30.2 Å². The number of carbonyl (C=O) groups is 2. The number of thiazole rings is 1. The standard InChI is InChI=1S/C30H28N6O6S/c1-16-10-11-18(32-28(38)21(37)12-17-8-6-5-7-9-17)13-20(16)27-35-29(42-36-27)25-26(31)34-30(43-25)33-19-14-22(39-2)24(41-4)23(15-19)40-3/h5-11,13-15H,12,31H2,1-4H3,(H,32,38)(H,33,34). The number of rotatable bonds is 11. The Bertz CT molecular complexity index is 1760. The van der Waals surface area contributed by atoms with E-state index in [9.17, 15) is 9.59 Å². The monoisotopic (exact) mass is 600 g/mol. The highest BCUT2D eigenvalue weighted by Gasteiger charge is 2.21. The number of carbonyl (C=O) groups excluding carboxylic acids is 2. The molecular formula is C30H28N6O6S. The number of nitrogens with zero attached hydrogens (tertiary/aromatic N) is 3. The van der Waals surface area contributed by atoms with Gasteiger partial charge in [0.05, 0.1) is 21.3 Å². The number of Topliss-reactive ketones (excluding diaryl/α,β-unsaturated/α-hetero) is 1. The van der Waals surface area contributed by atoms with Gasteiger partial charge in [0.15, 0.2) is 16.6 Å². The molecule has 5 rings (SSSR count). The summed E-state index contributed by atoms with van der Waals surface area (Å²) in [7, 11) is 4.59. The molecule has 0 unspecified atom stereocenters. The number of hydrogen-bond acceptors (Lipinski definition) is 12. The highest BCUT2D eigenvalue weighted by molar-refractivity contribution is 7.19. The molecule has 12 nitrogen and oxygen atoms in total. The van der Waals surface area contributed by atoms with Gasteiger partial charge < -0.3 is 35.1 Å². The molecule has 43 heavy (non-hydrogen) atoms. The Morgan fingerprint density at radius 3 is 2.33 bits per heavy atom. The summed E-state index contributed by atoms with van der Waals surface area (Å²) in [4.78, 5) is 34.4. The summed E-state index contributed by atoms with van der Waals surface area (Å²) in [6.45, 7) is 1.87. The predicted molar refractivity (Wildman–Crippen MR) is 163 cm³/mol. The van der Waals surface area contributed by atoms with Crippen LogP contribution < -0.4 is 30.6 Å². The predicted octanol–water partition coefficient (Wildman–Crippen LogP) is 5.27. The van der Waals surface area contributed by atoms with E-state index in [0.29, 0.717) is 44.2 Å². The molecule has 0 radical (unpaired) electrons. The molecule has 0 saturated carbocycles. The maximum absolute atomic E-state index is 12.6. The number of benzene rings is 3. The Morgan fingerprint density at radius 2 is 1.65 bits per heavy atom. The Kier molecular flexibility index (Phi) is 8.53. The van der Waals surface area contributed by atoms with Gasteiger partial charge in [-0.1, -0.05) is 52.9 Å². The van der Waals surface area contributed by atoms with Crippen molar-refractivity contribution in [3.05, 3.63) is 71.8 Å². The van der Waals surface area contributed by atoms with Crippen LogP contribution in [0.3, 0.4) is 0 Å². The zero-order valence-electron chi connectivity index (χ0n) is 23.8. The first kappa shape index (κ1) is 29.1. The number of anilines is 4. The first-order valence-electron chi connectivity index (χ1n) is 13.0. The Morgan fingerprint density at radius 1 is 0.930 bits per heavy atom. The van der Waals surface area contributed by atoms with E-state index in [-0.39, 0.29) is 24.0 Å². The summed E-state index contributed by atoms with van der Waals surface area (Å²) < 4.78 is 21.7. The average molecular weight is 601 g/mol. The number of nitrogens with two attached hydrogens (primary N) is 1. The van der Waals surface area contributed by atoms with Crippen molar-refractivity contribution >= 4 is 45.4 Å². The first-order chi connectivity index (χ1) is 20.8. The number of aryl methyl sites for hydroxylation is 1. The number of methoxy groups -OCH3 is 3. The lowest BCUT2D eigenvalue weighted by Crippen LogP contribution is -2.24. The fraction of sp³-hybridized carbons (Fsp3) is 0.167. The lowest BCUT2D eigenvalue weighted by Gasteiger charge is -2.14. The lowest BCUT2D eigenvalue weighted by atomic mass is 10.1. The highest BCUT2D eigenvalue weighted by atomic mass is 32.1. The molecule has 2 aromatic heterocycles. The molecule has 0 saturated heterocycles. The van der Waals surface area contributed by atoms with Gasteiger partial charge in [-0.15, -0.1) is 0 Å². The fourth-order valence-corrected chi connectivity index (χ4v) is 5.07. The van der Waals surface area contributed by atoms with Crippen molar-refractivity contribution in [3.63, 3.8) is 0 Å². The molecule has 3 aromatic carbocycles. The number of ketones is 1. The van der Waals surface area contributed by atoms with Crippen LogP contribution in [0.5, 0.6) is 17.2 Å². The molecule has 2 heterocycles. The van der Waals surface area contributed by atoms with Gasteiger partial charge >= 0.3 is 0 Å². The van der Waals surface area contributed by atoms with E-state index in [2.05, 4.69) is 25.8 Å². The van der Waals surface area contributed by atoms with E-state index in [1.165, 1.54) is 32.7 Å². The number of ether oxygens (including phenoxy) is 3. The van der Waals surface area contributed by atoms with Crippen molar-refractivity contribution in [3.8, 4) is 39.4 Å². The smallest absolute Gasteiger partial charge is 0.292 e. The van der Waals surface area contributed by atoms with Crippen LogP contribution in [-0.4, -0.2) is 48.1 Å². The Balaban J connectivity index is 1.33. The second-order valence-electron chi connectivity index (χ2n) is 9.26. The summed E-state index contributed by atoms with van der Waals surface area (Å²) >= 11 is 1.22. The lowest BCUT2D eigenvalue weighted by molar-refractivity contribution is -0.134. The second-order valence-corrected chi connectivity index (χ2v) is 10.3. The zero-order chi connectivity index (χ0) is 30.5. The third-order valence-electron chi connectivity index (χ3n) is 6.39. The van der Waals surface area contributed by atoms with Crippen molar-refractivity contribution < 1.29 is 28.3 Å². The molecule has 0 atom stereocenters. The molecule has 5 aromatic rings. The van der Waals surface area contributed by atoms with Gasteiger partial charge in [-0.25, -0.2) is 4.98 Å². The summed E-state index contributed by atoms with van der Waals surface area (Å²) in [6.07, 6.45) is 0.00621. The molecule has 0 aliphatic heterocycles. The summed E-state index contributed by atoms with van der Waals surface area (Å²) in [5, 5.41) is 10.4. The summed E-state index contributed by atoms with van der Waals surface area (Å²) in [5.74, 6) is 0.815. The van der Waals surface area contributed by atoms with E-state index in [1.54, 1.807) is 42.5 Å². The van der Waals surface area contributed by atoms with Crippen LogP contribution >= 0.6 is 11.3 Å². The van der Waals surface area contributed by atoms with Gasteiger partial charge in [0, 0.05) is 35.5 Å². The third-order valence-corrected chi connectivity index (χ3v) is 7.36. The topological polar surface area (TPSA) is 164 Å². The SMILES string of the molecule is COc1cc(Nc2nc(N)c(-c3nc(-c4cc(NC(=O)C(=O)Cc5ccccc5)ccc4C)no3)s2)cc(OC)c1OC. The van der Waals surface area contributed by atoms with Crippen molar-refractivity contribution in [2.75, 3.05) is 37.7 Å². The largest absolute Gasteiger partial charge is 0.493 e. The van der Waals surface area contributed by atoms with Crippen LogP contribution in [-0.2, 0) is 16.0 Å². The van der Waals surface area contributed by atoms with E-state index in [0.717, 1.165) is 11.1 Å². The van der Waals surface area contributed by atoms with Crippen molar-refractivity contribution in [1.82, 2.24) is 15.1 Å². The van der Waals surface area contributed by atoms with Gasteiger partial charge in [0.2, 0.25) is 17.4 Å². The van der Waals surface area contributed by atoms with Gasteiger partial charge in [-0.2, -0.15) is 4.98 Å². The van der Waals surface area contributed by atoms with Crippen molar-refractivity contribution in [2.24, 2.45) is 0 Å². The van der Waals surface area contributed by atoms with E-state index < -0.39 is 11.7 Å². The van der Waals surface area contributed by atoms with Gasteiger partial charge in [0.25, 0.3) is 11.8 Å². The molecule has 0 fully saturated rings. The molecule has 1 amide bonds. The normalized spacial score (nSPS) is 10.7. The summed E-state index contributed by atoms with van der Waals surface area (Å²) in [5.41, 5.74) is 9.48. The highest BCUT2D eigenvalue weighted by Crippen LogP contribution is 2.42. The molecule has 0 aliphatic rings. The minimum absolute atomic E-state index is 0.00621.